The molecule has 0 spiro atoms. The molecule has 0 atom stereocenters. The highest BCUT2D eigenvalue weighted by Crippen LogP contribution is 2.10. The minimum Gasteiger partial charge on any atom is -0.383 e. The topological polar surface area (TPSA) is 58.1 Å². The summed E-state index contributed by atoms with van der Waals surface area (Å²) in [6.07, 6.45) is 0. The van der Waals surface area contributed by atoms with Crippen LogP contribution >= 0.6 is 0 Å². The third-order valence-electron chi connectivity index (χ3n) is 3.90. The maximum atomic E-state index is 5.39. The Morgan fingerprint density at radius 2 is 1.88 bits per heavy atom. The molecule has 1 aliphatic rings. The zero-order chi connectivity index (χ0) is 17.0. The average Bonchev–Trinajstić information content (AvgIpc) is 2.62. The van der Waals surface area contributed by atoms with Crippen molar-refractivity contribution in [2.24, 2.45) is 4.99 Å². The molecule has 1 aromatic carbocycles. The number of benzene rings is 1. The quantitative estimate of drug-likeness (QED) is 0.425. The highest BCUT2D eigenvalue weighted by atomic mass is 16.5. The number of methoxy groups -OCH3 is 1. The molecule has 0 radical (unpaired) electrons. The molecule has 6 nitrogen and oxygen atoms in total. The van der Waals surface area contributed by atoms with Crippen LogP contribution in [0.2, 0.25) is 0 Å². The van der Waals surface area contributed by atoms with E-state index in [4.69, 9.17) is 9.47 Å². The van der Waals surface area contributed by atoms with Gasteiger partial charge in [0.15, 0.2) is 5.96 Å². The fourth-order valence-corrected chi connectivity index (χ4v) is 2.55. The van der Waals surface area contributed by atoms with Crippen molar-refractivity contribution < 1.29 is 9.47 Å². The van der Waals surface area contributed by atoms with E-state index in [1.807, 2.05) is 0 Å². The molecule has 24 heavy (non-hydrogen) atoms. The summed E-state index contributed by atoms with van der Waals surface area (Å²) in [6, 6.07) is 8.73. The predicted octanol–water partition coefficient (Wildman–Crippen LogP) is 1.22. The lowest BCUT2D eigenvalue weighted by Crippen LogP contribution is -2.38. The maximum absolute atomic E-state index is 5.39. The van der Waals surface area contributed by atoms with Gasteiger partial charge in [0.25, 0.3) is 0 Å². The summed E-state index contributed by atoms with van der Waals surface area (Å²) in [5.74, 6) is 0.826. The molecular formula is C18H30N4O2. The van der Waals surface area contributed by atoms with Gasteiger partial charge in [0, 0.05) is 39.8 Å². The molecule has 1 aromatic rings. The van der Waals surface area contributed by atoms with Crippen LogP contribution in [-0.2, 0) is 22.6 Å². The van der Waals surface area contributed by atoms with Gasteiger partial charge in [0.2, 0.25) is 0 Å². The molecule has 0 bridgehead atoms. The monoisotopic (exact) mass is 334 g/mol. The van der Waals surface area contributed by atoms with E-state index < -0.39 is 0 Å². The normalized spacial score (nSPS) is 16.2. The van der Waals surface area contributed by atoms with E-state index in [1.165, 1.54) is 11.1 Å². The fraction of sp³-hybridized carbons (Fsp3) is 0.611. The van der Waals surface area contributed by atoms with Crippen molar-refractivity contribution in [3.8, 4) is 0 Å². The van der Waals surface area contributed by atoms with Crippen LogP contribution in [0.5, 0.6) is 0 Å². The Morgan fingerprint density at radius 3 is 2.54 bits per heavy atom. The van der Waals surface area contributed by atoms with Gasteiger partial charge in [-0.25, -0.2) is 4.99 Å². The van der Waals surface area contributed by atoms with Gasteiger partial charge in [-0.1, -0.05) is 24.3 Å². The number of nitrogens with zero attached hydrogens (tertiary/aromatic N) is 2. The largest absolute Gasteiger partial charge is 0.383 e. The molecule has 0 aromatic heterocycles. The van der Waals surface area contributed by atoms with Crippen LogP contribution in [0.25, 0.3) is 0 Å². The zero-order valence-corrected chi connectivity index (χ0v) is 14.9. The van der Waals surface area contributed by atoms with E-state index >= 15 is 0 Å². The van der Waals surface area contributed by atoms with E-state index in [0.717, 1.165) is 51.9 Å². The first-order valence-electron chi connectivity index (χ1n) is 8.71. The van der Waals surface area contributed by atoms with Crippen LogP contribution in [0.4, 0.5) is 0 Å². The highest BCUT2D eigenvalue weighted by Gasteiger charge is 2.10. The molecule has 0 saturated carbocycles. The summed E-state index contributed by atoms with van der Waals surface area (Å²) >= 11 is 0. The smallest absolute Gasteiger partial charge is 0.191 e. The van der Waals surface area contributed by atoms with Crippen molar-refractivity contribution in [1.29, 1.82) is 0 Å². The van der Waals surface area contributed by atoms with Gasteiger partial charge in [0.05, 0.1) is 26.4 Å². The van der Waals surface area contributed by atoms with Gasteiger partial charge < -0.3 is 20.1 Å². The van der Waals surface area contributed by atoms with Crippen molar-refractivity contribution in [1.82, 2.24) is 15.5 Å². The molecule has 1 fully saturated rings. The van der Waals surface area contributed by atoms with Crippen LogP contribution in [0.1, 0.15) is 18.1 Å². The van der Waals surface area contributed by atoms with Gasteiger partial charge in [-0.15, -0.1) is 0 Å². The van der Waals surface area contributed by atoms with Crippen LogP contribution in [0, 0.1) is 0 Å². The molecule has 0 amide bonds. The van der Waals surface area contributed by atoms with Crippen molar-refractivity contribution in [2.45, 2.75) is 20.0 Å². The number of hydrogen-bond donors (Lipinski definition) is 2. The van der Waals surface area contributed by atoms with Crippen molar-refractivity contribution >= 4 is 5.96 Å². The molecule has 0 unspecified atom stereocenters. The van der Waals surface area contributed by atoms with Gasteiger partial charge in [0.1, 0.15) is 0 Å². The summed E-state index contributed by atoms with van der Waals surface area (Å²) in [4.78, 5) is 7.04. The Hall–Kier alpha value is -1.63. The summed E-state index contributed by atoms with van der Waals surface area (Å²) < 4.78 is 10.4. The second-order valence-electron chi connectivity index (χ2n) is 5.82. The van der Waals surface area contributed by atoms with E-state index in [1.54, 1.807) is 7.11 Å². The van der Waals surface area contributed by atoms with E-state index in [9.17, 15) is 0 Å². The first-order valence-corrected chi connectivity index (χ1v) is 8.71. The summed E-state index contributed by atoms with van der Waals surface area (Å²) in [7, 11) is 1.70. The van der Waals surface area contributed by atoms with Crippen LogP contribution in [0.15, 0.2) is 29.3 Å². The van der Waals surface area contributed by atoms with Gasteiger partial charge in [-0.05, 0) is 18.1 Å². The number of aliphatic imine (C=N–C) groups is 1. The number of rotatable bonds is 8. The maximum Gasteiger partial charge on any atom is 0.191 e. The molecule has 6 heteroatoms. The Balaban J connectivity index is 1.83. The molecule has 2 rings (SSSR count). The third kappa shape index (κ3) is 6.86. The van der Waals surface area contributed by atoms with E-state index in [2.05, 4.69) is 51.7 Å². The number of guanidine groups is 1. The Morgan fingerprint density at radius 1 is 1.17 bits per heavy atom. The lowest BCUT2D eigenvalue weighted by atomic mass is 10.1. The van der Waals surface area contributed by atoms with E-state index in [0.29, 0.717) is 13.2 Å². The Kier molecular flexibility index (Phi) is 8.59. The first kappa shape index (κ1) is 18.7. The first-order chi connectivity index (χ1) is 11.8. The molecule has 134 valence electrons. The number of morpholine rings is 1. The van der Waals surface area contributed by atoms with Crippen molar-refractivity contribution in [3.05, 3.63) is 35.4 Å². The van der Waals surface area contributed by atoms with Crippen molar-refractivity contribution in [3.63, 3.8) is 0 Å². The molecular weight excluding hydrogens is 304 g/mol. The van der Waals surface area contributed by atoms with Gasteiger partial charge >= 0.3 is 0 Å². The molecule has 0 aliphatic carbocycles. The number of ether oxygens (including phenoxy) is 2. The molecule has 1 heterocycles. The molecule has 2 N–H and O–H groups in total. The number of nitrogens with one attached hydrogen (secondary N) is 2. The van der Waals surface area contributed by atoms with Crippen LogP contribution in [-0.4, -0.2) is 64.0 Å². The standard InChI is InChI=1S/C18H30N4O2/c1-3-19-18(20-8-11-23-2)21-14-16-4-6-17(7-5-16)15-22-9-12-24-13-10-22/h4-7H,3,8-15H2,1-2H3,(H2,19,20,21). The molecule has 1 saturated heterocycles. The molecule has 1 aliphatic heterocycles. The summed E-state index contributed by atoms with van der Waals surface area (Å²) in [5.41, 5.74) is 2.56. The van der Waals surface area contributed by atoms with Crippen molar-refractivity contribution in [2.75, 3.05) is 53.1 Å². The lowest BCUT2D eigenvalue weighted by molar-refractivity contribution is 0.0342. The summed E-state index contributed by atoms with van der Waals surface area (Å²) in [6.45, 7) is 9.71. The average molecular weight is 334 g/mol. The van der Waals surface area contributed by atoms with Crippen LogP contribution in [0.3, 0.4) is 0 Å². The second kappa shape index (κ2) is 11.0. The minimum atomic E-state index is 0.667. The zero-order valence-electron chi connectivity index (χ0n) is 14.9. The predicted molar refractivity (Wildman–Crippen MR) is 97.2 cm³/mol. The fourth-order valence-electron chi connectivity index (χ4n) is 2.55. The minimum absolute atomic E-state index is 0.667. The Bertz CT molecular complexity index is 484. The lowest BCUT2D eigenvalue weighted by Gasteiger charge is -2.26. The Labute approximate surface area is 145 Å². The van der Waals surface area contributed by atoms with Gasteiger partial charge in [-0.3, -0.25) is 4.90 Å². The highest BCUT2D eigenvalue weighted by molar-refractivity contribution is 5.79. The van der Waals surface area contributed by atoms with Gasteiger partial charge in [-0.2, -0.15) is 0 Å². The van der Waals surface area contributed by atoms with Crippen LogP contribution < -0.4 is 10.6 Å². The number of hydrogen-bond acceptors (Lipinski definition) is 4. The van der Waals surface area contributed by atoms with E-state index in [-0.39, 0.29) is 0 Å². The third-order valence-corrected chi connectivity index (χ3v) is 3.90. The summed E-state index contributed by atoms with van der Waals surface area (Å²) in [5, 5.41) is 6.49. The second-order valence-corrected chi connectivity index (χ2v) is 5.82. The SMILES string of the molecule is CCNC(=NCc1ccc(CN2CCOCC2)cc1)NCCOC.